The van der Waals surface area contributed by atoms with E-state index in [0.29, 0.717) is 11.8 Å². The number of ether oxygens (including phenoxy) is 1. The number of carbonyl (C=O) groups excluding carboxylic acids is 3. The third kappa shape index (κ3) is 3.00. The Morgan fingerprint density at radius 1 is 1.45 bits per heavy atom. The van der Waals surface area contributed by atoms with Crippen molar-refractivity contribution in [3.8, 4) is 0 Å². The zero-order valence-electron chi connectivity index (χ0n) is 11.6. The molecule has 1 aromatic carbocycles. The normalized spacial score (nSPS) is 18.0. The van der Waals surface area contributed by atoms with Gasteiger partial charge in [-0.05, 0) is 36.9 Å². The average molecular weight is 344 g/mol. The summed E-state index contributed by atoms with van der Waals surface area (Å²) >= 11 is 6.50. The molecule has 1 heterocycles. The first-order valence-electron chi connectivity index (χ1n) is 6.15. The Morgan fingerprint density at radius 3 is 2.73 bits per heavy atom. The van der Waals surface area contributed by atoms with Gasteiger partial charge in [0.25, 0.3) is 11.1 Å². The highest BCUT2D eigenvalue weighted by molar-refractivity contribution is 8.18. The Hall–Kier alpha value is -1.86. The standard InChI is InChI=1S/C14H11ClFNO4S/c1-7(13(19)21-2)17-12(18)11(22-14(17)20)6-8-9(15)4-3-5-10(8)16/h3-7H,1-2H3/b11-6+/t7-/m1/s1. The third-order valence-electron chi connectivity index (χ3n) is 3.03. The van der Waals surface area contributed by atoms with Crippen LogP contribution in [0.3, 0.4) is 0 Å². The van der Waals surface area contributed by atoms with E-state index in [0.717, 1.165) is 12.0 Å². The molecule has 2 rings (SSSR count). The van der Waals surface area contributed by atoms with Gasteiger partial charge in [0.15, 0.2) is 0 Å². The maximum Gasteiger partial charge on any atom is 0.328 e. The van der Waals surface area contributed by atoms with Crippen LogP contribution in [0.25, 0.3) is 6.08 Å². The Morgan fingerprint density at radius 2 is 2.14 bits per heavy atom. The van der Waals surface area contributed by atoms with Crippen molar-refractivity contribution in [1.82, 2.24) is 4.90 Å². The number of imide groups is 1. The van der Waals surface area contributed by atoms with Crippen molar-refractivity contribution < 1.29 is 23.5 Å². The Balaban J connectivity index is 2.36. The predicted molar refractivity (Wildman–Crippen MR) is 80.7 cm³/mol. The lowest BCUT2D eigenvalue weighted by Crippen LogP contribution is -2.42. The Kier molecular flexibility index (Phi) is 4.87. The first-order valence-corrected chi connectivity index (χ1v) is 7.35. The van der Waals surface area contributed by atoms with Gasteiger partial charge in [0, 0.05) is 5.56 Å². The Labute approximate surface area is 135 Å². The van der Waals surface area contributed by atoms with Gasteiger partial charge in [-0.25, -0.2) is 9.18 Å². The van der Waals surface area contributed by atoms with Crippen LogP contribution in [0, 0.1) is 5.82 Å². The summed E-state index contributed by atoms with van der Waals surface area (Å²) in [7, 11) is 1.16. The lowest BCUT2D eigenvalue weighted by atomic mass is 10.2. The Bertz CT molecular complexity index is 671. The van der Waals surface area contributed by atoms with E-state index in [-0.39, 0.29) is 15.5 Å². The second-order valence-electron chi connectivity index (χ2n) is 4.39. The number of esters is 1. The fourth-order valence-electron chi connectivity index (χ4n) is 1.87. The SMILES string of the molecule is COC(=O)[C@@H](C)N1C(=O)S/C(=C/c2c(F)cccc2Cl)C1=O. The number of nitrogens with zero attached hydrogens (tertiary/aromatic N) is 1. The number of hydrogen-bond acceptors (Lipinski definition) is 5. The van der Waals surface area contributed by atoms with Crippen LogP contribution in [0.15, 0.2) is 23.1 Å². The molecule has 1 aliphatic heterocycles. The van der Waals surface area contributed by atoms with Crippen molar-refractivity contribution in [2.24, 2.45) is 0 Å². The number of benzene rings is 1. The quantitative estimate of drug-likeness (QED) is 0.623. The van der Waals surface area contributed by atoms with E-state index in [1.165, 1.54) is 31.2 Å². The number of carbonyl (C=O) groups is 3. The molecule has 0 aromatic heterocycles. The summed E-state index contributed by atoms with van der Waals surface area (Å²) in [5.74, 6) is -2.01. The summed E-state index contributed by atoms with van der Waals surface area (Å²) in [4.78, 5) is 36.4. The van der Waals surface area contributed by atoms with Gasteiger partial charge in [0.2, 0.25) is 0 Å². The van der Waals surface area contributed by atoms with Crippen LogP contribution in [0.4, 0.5) is 9.18 Å². The van der Waals surface area contributed by atoms with Gasteiger partial charge >= 0.3 is 5.97 Å². The second kappa shape index (κ2) is 6.50. The molecule has 2 amide bonds. The van der Waals surface area contributed by atoms with E-state index in [4.69, 9.17) is 11.6 Å². The fraction of sp³-hybridized carbons (Fsp3) is 0.214. The molecule has 1 atom stereocenters. The van der Waals surface area contributed by atoms with Crippen molar-refractivity contribution in [3.05, 3.63) is 39.5 Å². The smallest absolute Gasteiger partial charge is 0.328 e. The first kappa shape index (κ1) is 16.5. The maximum absolute atomic E-state index is 13.7. The monoisotopic (exact) mass is 343 g/mol. The highest BCUT2D eigenvalue weighted by atomic mass is 35.5. The van der Waals surface area contributed by atoms with Gasteiger partial charge in [-0.15, -0.1) is 0 Å². The molecule has 0 unspecified atom stereocenters. The summed E-state index contributed by atoms with van der Waals surface area (Å²) in [6, 6.07) is 3.04. The molecule has 8 heteroatoms. The molecule has 1 aliphatic rings. The zero-order valence-corrected chi connectivity index (χ0v) is 13.2. The minimum Gasteiger partial charge on any atom is -0.467 e. The van der Waals surface area contributed by atoms with Gasteiger partial charge in [-0.2, -0.15) is 0 Å². The van der Waals surface area contributed by atoms with Crippen LogP contribution in [0.5, 0.6) is 0 Å². The van der Waals surface area contributed by atoms with Crippen LogP contribution >= 0.6 is 23.4 Å². The number of methoxy groups -OCH3 is 1. The lowest BCUT2D eigenvalue weighted by molar-refractivity contribution is -0.148. The maximum atomic E-state index is 13.7. The molecule has 0 N–H and O–H groups in total. The summed E-state index contributed by atoms with van der Waals surface area (Å²) in [6.45, 7) is 1.38. The zero-order chi connectivity index (χ0) is 16.4. The molecule has 0 saturated carbocycles. The summed E-state index contributed by atoms with van der Waals surface area (Å²) in [6.07, 6.45) is 1.20. The van der Waals surface area contributed by atoms with E-state index in [1.54, 1.807) is 0 Å². The molecule has 116 valence electrons. The lowest BCUT2D eigenvalue weighted by Gasteiger charge is -2.18. The molecular weight excluding hydrogens is 333 g/mol. The average Bonchev–Trinajstić information content (AvgIpc) is 2.76. The van der Waals surface area contributed by atoms with Gasteiger partial charge in [0.05, 0.1) is 17.0 Å². The molecule has 0 radical (unpaired) electrons. The van der Waals surface area contributed by atoms with Gasteiger partial charge in [-0.3, -0.25) is 14.5 Å². The number of halogens is 2. The number of rotatable bonds is 3. The highest BCUT2D eigenvalue weighted by Gasteiger charge is 2.41. The molecule has 0 bridgehead atoms. The van der Waals surface area contributed by atoms with Crippen LogP contribution in [0.2, 0.25) is 5.02 Å². The minimum absolute atomic E-state index is 0.00671. The van der Waals surface area contributed by atoms with Gasteiger partial charge < -0.3 is 4.74 Å². The number of amides is 2. The van der Waals surface area contributed by atoms with E-state index < -0.39 is 29.0 Å². The van der Waals surface area contributed by atoms with E-state index in [1.807, 2.05) is 0 Å². The van der Waals surface area contributed by atoms with E-state index in [9.17, 15) is 18.8 Å². The summed E-state index contributed by atoms with van der Waals surface area (Å²) < 4.78 is 18.3. The molecular formula is C14H11ClFNO4S. The van der Waals surface area contributed by atoms with Crippen LogP contribution in [-0.2, 0) is 14.3 Å². The highest BCUT2D eigenvalue weighted by Crippen LogP contribution is 2.35. The second-order valence-corrected chi connectivity index (χ2v) is 5.79. The molecule has 0 spiro atoms. The topological polar surface area (TPSA) is 63.7 Å². The van der Waals surface area contributed by atoms with Crippen molar-refractivity contribution in [3.63, 3.8) is 0 Å². The summed E-state index contributed by atoms with van der Waals surface area (Å²) in [5, 5.41) is -0.505. The molecule has 1 fully saturated rings. The molecule has 5 nitrogen and oxygen atoms in total. The first-order chi connectivity index (χ1) is 10.4. The van der Waals surface area contributed by atoms with Crippen LogP contribution in [-0.4, -0.2) is 35.2 Å². The van der Waals surface area contributed by atoms with Crippen LogP contribution in [0.1, 0.15) is 12.5 Å². The molecule has 0 aliphatic carbocycles. The van der Waals surface area contributed by atoms with Crippen LogP contribution < -0.4 is 0 Å². The van der Waals surface area contributed by atoms with Crippen molar-refractivity contribution in [2.75, 3.05) is 7.11 Å². The molecule has 1 aromatic rings. The minimum atomic E-state index is -1.06. The van der Waals surface area contributed by atoms with E-state index >= 15 is 0 Å². The summed E-state index contributed by atoms with van der Waals surface area (Å²) in [5.41, 5.74) is 0.0142. The molecule has 22 heavy (non-hydrogen) atoms. The van der Waals surface area contributed by atoms with Crippen molar-refractivity contribution in [2.45, 2.75) is 13.0 Å². The largest absolute Gasteiger partial charge is 0.467 e. The van der Waals surface area contributed by atoms with Crippen molar-refractivity contribution >= 4 is 46.6 Å². The third-order valence-corrected chi connectivity index (χ3v) is 4.24. The fourth-order valence-corrected chi connectivity index (χ4v) is 2.98. The van der Waals surface area contributed by atoms with Gasteiger partial charge in [0.1, 0.15) is 11.9 Å². The molecule has 1 saturated heterocycles. The van der Waals surface area contributed by atoms with Crippen molar-refractivity contribution in [1.29, 1.82) is 0 Å². The predicted octanol–water partition coefficient (Wildman–Crippen LogP) is 3.08. The number of hydrogen-bond donors (Lipinski definition) is 0. The van der Waals surface area contributed by atoms with E-state index in [2.05, 4.69) is 4.74 Å². The number of thioether (sulfide) groups is 1. The van der Waals surface area contributed by atoms with Gasteiger partial charge in [-0.1, -0.05) is 17.7 Å².